The average Bonchev–Trinajstić information content (AvgIpc) is 2.38. The molecule has 0 saturated carbocycles. The van der Waals surface area contributed by atoms with E-state index < -0.39 is 12.0 Å². The van der Waals surface area contributed by atoms with E-state index in [1.807, 2.05) is 29.6 Å². The fourth-order valence-electron chi connectivity index (χ4n) is 1.39. The van der Waals surface area contributed by atoms with Crippen LogP contribution in [-0.4, -0.2) is 17.0 Å². The largest absolute Gasteiger partial charge is 0.419 e. The molecule has 1 aromatic carbocycles. The van der Waals surface area contributed by atoms with Gasteiger partial charge >= 0.3 is 6.09 Å². The van der Waals surface area contributed by atoms with E-state index in [0.717, 1.165) is 17.0 Å². The molecule has 2 rings (SSSR count). The predicted octanol–water partition coefficient (Wildman–Crippen LogP) is 2.04. The molecular weight excluding hydrogens is 232 g/mol. The van der Waals surface area contributed by atoms with Crippen molar-refractivity contribution in [1.82, 2.24) is 10.3 Å². The SMILES string of the molecule is C=CC(=O)NC(=O)Oc1cnc2ccccc2c1. The zero-order valence-electron chi connectivity index (χ0n) is 9.42. The fraction of sp³-hybridized carbons (Fsp3) is 0. The molecule has 1 heterocycles. The zero-order chi connectivity index (χ0) is 13.0. The van der Waals surface area contributed by atoms with Crippen LogP contribution in [0.3, 0.4) is 0 Å². The Morgan fingerprint density at radius 2 is 2.11 bits per heavy atom. The molecule has 0 bridgehead atoms. The topological polar surface area (TPSA) is 68.3 Å². The van der Waals surface area contributed by atoms with Gasteiger partial charge in [-0.25, -0.2) is 4.79 Å². The number of fused-ring (bicyclic) bond motifs is 1. The van der Waals surface area contributed by atoms with E-state index in [4.69, 9.17) is 4.74 Å². The molecule has 18 heavy (non-hydrogen) atoms. The van der Waals surface area contributed by atoms with E-state index >= 15 is 0 Å². The van der Waals surface area contributed by atoms with Crippen molar-refractivity contribution in [2.24, 2.45) is 0 Å². The number of imide groups is 1. The summed E-state index contributed by atoms with van der Waals surface area (Å²) >= 11 is 0. The molecule has 0 atom stereocenters. The quantitative estimate of drug-likeness (QED) is 0.818. The van der Waals surface area contributed by atoms with Gasteiger partial charge in [0.05, 0.1) is 11.7 Å². The predicted molar refractivity (Wildman–Crippen MR) is 66.1 cm³/mol. The first kappa shape index (κ1) is 11.8. The second-order valence-corrected chi connectivity index (χ2v) is 3.45. The molecule has 5 heteroatoms. The molecule has 0 fully saturated rings. The molecule has 90 valence electrons. The summed E-state index contributed by atoms with van der Waals surface area (Å²) in [6.45, 7) is 3.23. The number of carbonyl (C=O) groups excluding carboxylic acids is 2. The Morgan fingerprint density at radius 1 is 1.33 bits per heavy atom. The summed E-state index contributed by atoms with van der Waals surface area (Å²) in [6.07, 6.45) is 1.54. The summed E-state index contributed by atoms with van der Waals surface area (Å²) in [7, 11) is 0. The number of nitrogens with zero attached hydrogens (tertiary/aromatic N) is 1. The van der Waals surface area contributed by atoms with Crippen LogP contribution in [-0.2, 0) is 4.79 Å². The highest BCUT2D eigenvalue weighted by molar-refractivity contribution is 5.98. The van der Waals surface area contributed by atoms with Gasteiger partial charge in [-0.15, -0.1) is 0 Å². The molecule has 2 aromatic rings. The maximum absolute atomic E-state index is 11.3. The lowest BCUT2D eigenvalue weighted by Gasteiger charge is -2.04. The first-order chi connectivity index (χ1) is 8.69. The number of ether oxygens (including phenoxy) is 1. The summed E-state index contributed by atoms with van der Waals surface area (Å²) in [5.74, 6) is -0.350. The molecule has 5 nitrogen and oxygen atoms in total. The normalized spacial score (nSPS) is 9.78. The van der Waals surface area contributed by atoms with Crippen molar-refractivity contribution >= 4 is 22.9 Å². The third kappa shape index (κ3) is 2.70. The van der Waals surface area contributed by atoms with Gasteiger partial charge in [0.15, 0.2) is 5.75 Å². The van der Waals surface area contributed by atoms with Crippen molar-refractivity contribution in [1.29, 1.82) is 0 Å². The van der Waals surface area contributed by atoms with Crippen LogP contribution >= 0.6 is 0 Å². The van der Waals surface area contributed by atoms with Crippen LogP contribution in [0.15, 0.2) is 49.2 Å². The third-order valence-corrected chi connectivity index (χ3v) is 2.19. The van der Waals surface area contributed by atoms with Crippen LogP contribution in [0, 0.1) is 0 Å². The maximum Gasteiger partial charge on any atom is 0.419 e. The Morgan fingerprint density at radius 3 is 2.89 bits per heavy atom. The molecule has 1 N–H and O–H groups in total. The number of hydrogen-bond acceptors (Lipinski definition) is 4. The lowest BCUT2D eigenvalue weighted by molar-refractivity contribution is -0.115. The van der Waals surface area contributed by atoms with Crippen LogP contribution in [0.2, 0.25) is 0 Å². The van der Waals surface area contributed by atoms with E-state index in [9.17, 15) is 9.59 Å². The van der Waals surface area contributed by atoms with Crippen molar-refractivity contribution in [3.8, 4) is 5.75 Å². The Balaban J connectivity index is 2.14. The smallest absolute Gasteiger partial charge is 0.408 e. The van der Waals surface area contributed by atoms with Crippen LogP contribution in [0.5, 0.6) is 5.75 Å². The molecule has 0 radical (unpaired) electrons. The summed E-state index contributed by atoms with van der Waals surface area (Å²) < 4.78 is 4.91. The van der Waals surface area contributed by atoms with Gasteiger partial charge in [-0.2, -0.15) is 0 Å². The number of amides is 2. The molecule has 1 aromatic heterocycles. The second kappa shape index (κ2) is 5.09. The van der Waals surface area contributed by atoms with Gasteiger partial charge in [0, 0.05) is 5.39 Å². The van der Waals surface area contributed by atoms with E-state index in [-0.39, 0.29) is 5.75 Å². The minimum atomic E-state index is -0.864. The maximum atomic E-state index is 11.3. The van der Waals surface area contributed by atoms with Crippen molar-refractivity contribution in [2.45, 2.75) is 0 Å². The van der Waals surface area contributed by atoms with Gasteiger partial charge in [-0.05, 0) is 18.2 Å². The molecule has 0 unspecified atom stereocenters. The molecule has 0 aliphatic carbocycles. The number of carbonyl (C=O) groups is 2. The molecule has 0 aliphatic heterocycles. The lowest BCUT2D eigenvalue weighted by atomic mass is 10.2. The van der Waals surface area contributed by atoms with Gasteiger partial charge in [-0.3, -0.25) is 15.1 Å². The monoisotopic (exact) mass is 242 g/mol. The second-order valence-electron chi connectivity index (χ2n) is 3.45. The summed E-state index contributed by atoms with van der Waals surface area (Å²) in [6, 6.07) is 9.09. The number of rotatable bonds is 2. The van der Waals surface area contributed by atoms with Crippen LogP contribution in [0.25, 0.3) is 10.9 Å². The Hall–Kier alpha value is -2.69. The van der Waals surface area contributed by atoms with Gasteiger partial charge in [-0.1, -0.05) is 24.8 Å². The Kier molecular flexibility index (Phi) is 3.33. The Bertz CT molecular complexity index is 622. The van der Waals surface area contributed by atoms with E-state index in [1.54, 1.807) is 6.07 Å². The number of hydrogen-bond donors (Lipinski definition) is 1. The highest BCUT2D eigenvalue weighted by Gasteiger charge is 2.07. The van der Waals surface area contributed by atoms with Crippen LogP contribution in [0.1, 0.15) is 0 Å². The molecule has 2 amide bonds. The minimum absolute atomic E-state index is 0.267. The number of nitrogens with one attached hydrogen (secondary N) is 1. The summed E-state index contributed by atoms with van der Waals surface area (Å²) in [4.78, 5) is 26.3. The first-order valence-electron chi connectivity index (χ1n) is 5.19. The molecule has 0 spiro atoms. The van der Waals surface area contributed by atoms with E-state index in [1.165, 1.54) is 6.20 Å². The zero-order valence-corrected chi connectivity index (χ0v) is 9.42. The molecule has 0 aliphatic rings. The highest BCUT2D eigenvalue weighted by Crippen LogP contribution is 2.17. The third-order valence-electron chi connectivity index (χ3n) is 2.19. The number of aromatic nitrogens is 1. The van der Waals surface area contributed by atoms with E-state index in [0.29, 0.717) is 0 Å². The Labute approximate surface area is 103 Å². The van der Waals surface area contributed by atoms with Crippen LogP contribution in [0.4, 0.5) is 4.79 Å². The lowest BCUT2D eigenvalue weighted by Crippen LogP contribution is -2.31. The number of para-hydroxylation sites is 1. The molecule has 0 saturated heterocycles. The van der Waals surface area contributed by atoms with Crippen molar-refractivity contribution in [2.75, 3.05) is 0 Å². The van der Waals surface area contributed by atoms with Crippen molar-refractivity contribution in [3.05, 3.63) is 49.2 Å². The average molecular weight is 242 g/mol. The fourth-order valence-corrected chi connectivity index (χ4v) is 1.39. The van der Waals surface area contributed by atoms with E-state index in [2.05, 4.69) is 11.6 Å². The highest BCUT2D eigenvalue weighted by atomic mass is 16.6. The van der Waals surface area contributed by atoms with Crippen molar-refractivity contribution in [3.63, 3.8) is 0 Å². The number of benzene rings is 1. The van der Waals surface area contributed by atoms with Gasteiger partial charge in [0.25, 0.3) is 5.91 Å². The minimum Gasteiger partial charge on any atom is -0.408 e. The van der Waals surface area contributed by atoms with Gasteiger partial charge in [0.1, 0.15) is 0 Å². The van der Waals surface area contributed by atoms with Gasteiger partial charge in [0.2, 0.25) is 0 Å². The van der Waals surface area contributed by atoms with Gasteiger partial charge < -0.3 is 4.74 Å². The summed E-state index contributed by atoms with van der Waals surface area (Å²) in [5, 5.41) is 2.83. The molecular formula is C13H10N2O3. The standard InChI is InChI=1S/C13H10N2O3/c1-2-12(16)15-13(17)18-10-7-9-5-3-4-6-11(9)14-8-10/h2-8H,1H2,(H,15,16,17). The van der Waals surface area contributed by atoms with Crippen molar-refractivity contribution < 1.29 is 14.3 Å². The van der Waals surface area contributed by atoms with Crippen LogP contribution < -0.4 is 10.1 Å². The summed E-state index contributed by atoms with van der Waals surface area (Å²) in [5.41, 5.74) is 0.799. The first-order valence-corrected chi connectivity index (χ1v) is 5.19. The number of pyridine rings is 1.